The lowest BCUT2D eigenvalue weighted by atomic mass is 9.82. The van der Waals surface area contributed by atoms with Crippen molar-refractivity contribution in [2.45, 2.75) is 40.5 Å². The molecule has 0 nitrogen and oxygen atoms in total. The van der Waals surface area contributed by atoms with Crippen molar-refractivity contribution in [2.24, 2.45) is 0 Å². The molecule has 0 saturated heterocycles. The second kappa shape index (κ2) is 9.68. The topological polar surface area (TPSA) is 0 Å². The third-order valence-corrected chi connectivity index (χ3v) is 6.52. The van der Waals surface area contributed by atoms with Gasteiger partial charge in [0.05, 0.1) is 0 Å². The number of hydrogen-bond donors (Lipinski definition) is 0. The van der Waals surface area contributed by atoms with Crippen LogP contribution in [0.15, 0.2) is 72.8 Å². The molecule has 0 aliphatic heterocycles. The molecule has 5 rings (SSSR count). The van der Waals surface area contributed by atoms with Crippen molar-refractivity contribution in [3.8, 4) is 22.3 Å². The molecule has 0 heterocycles. The van der Waals surface area contributed by atoms with Gasteiger partial charge in [0.15, 0.2) is 0 Å². The van der Waals surface area contributed by atoms with Crippen LogP contribution in [0.3, 0.4) is 0 Å². The van der Waals surface area contributed by atoms with Crippen LogP contribution < -0.4 is 0 Å². The van der Waals surface area contributed by atoms with E-state index in [9.17, 15) is 0 Å². The van der Waals surface area contributed by atoms with Crippen molar-refractivity contribution in [1.82, 2.24) is 0 Å². The molecule has 32 heavy (non-hydrogen) atoms. The highest BCUT2D eigenvalue weighted by Gasteiger charge is 2.32. The van der Waals surface area contributed by atoms with E-state index >= 15 is 0 Å². The smallest absolute Gasteiger partial charge is 0.0358 e. The van der Waals surface area contributed by atoms with Gasteiger partial charge in [0.1, 0.15) is 0 Å². The normalized spacial score (nSPS) is 12.1. The highest BCUT2D eigenvalue weighted by Crippen LogP contribution is 2.50. The molecule has 0 bridgehead atoms. The van der Waals surface area contributed by atoms with Gasteiger partial charge < -0.3 is 0 Å². The maximum Gasteiger partial charge on any atom is 0.0358 e. The fourth-order valence-corrected chi connectivity index (χ4v) is 5.12. The van der Waals surface area contributed by atoms with E-state index in [-0.39, 0.29) is 5.92 Å². The van der Waals surface area contributed by atoms with Crippen molar-refractivity contribution >= 4 is 37.2 Å². The molecule has 1 aliphatic rings. The van der Waals surface area contributed by atoms with Gasteiger partial charge in [0.2, 0.25) is 0 Å². The summed E-state index contributed by atoms with van der Waals surface area (Å²) in [5, 5.41) is 0. The van der Waals surface area contributed by atoms with E-state index in [1.54, 1.807) is 0 Å². The largest absolute Gasteiger partial charge is 0.0587 e. The molecule has 0 N–H and O–H groups in total. The Labute approximate surface area is 215 Å². The van der Waals surface area contributed by atoms with Crippen LogP contribution in [0.1, 0.15) is 50.4 Å². The average Bonchev–Trinajstić information content (AvgIpc) is 3.07. The lowest BCUT2D eigenvalue weighted by Gasteiger charge is -2.21. The minimum atomic E-state index is 0.269. The zero-order chi connectivity index (χ0) is 23.0. The van der Waals surface area contributed by atoms with E-state index in [2.05, 4.69) is 145 Å². The molecule has 4 aromatic carbocycles. The second-order valence-electron chi connectivity index (χ2n) is 9.02. The first-order valence-corrected chi connectivity index (χ1v) is 17.2. The Morgan fingerprint density at radius 3 is 1.12 bits per heavy atom. The van der Waals surface area contributed by atoms with E-state index in [1.165, 1.54) is 66.8 Å². The van der Waals surface area contributed by atoms with Crippen molar-refractivity contribution in [1.29, 1.82) is 0 Å². The molecular weight excluding hydrogens is 614 g/mol. The van der Waals surface area contributed by atoms with E-state index in [4.69, 9.17) is 0 Å². The van der Waals surface area contributed by atoms with Gasteiger partial charge in [-0.3, -0.25) is 0 Å². The summed E-state index contributed by atoms with van der Waals surface area (Å²) < 4.78 is 0. The summed E-state index contributed by atoms with van der Waals surface area (Å²) in [6.07, 6.45) is 0. The van der Waals surface area contributed by atoms with Gasteiger partial charge in [-0.15, -0.1) is 0 Å². The fourth-order valence-electron chi connectivity index (χ4n) is 5.12. The summed E-state index contributed by atoms with van der Waals surface area (Å²) in [6, 6.07) is 27.7. The number of aryl methyl sites for hydroxylation is 5. The van der Waals surface area contributed by atoms with Gasteiger partial charge in [-0.1, -0.05) is 95.1 Å². The molecule has 0 saturated carbocycles. The maximum atomic E-state index is 2.41. The van der Waals surface area contributed by atoms with Crippen LogP contribution >= 0.6 is 37.2 Å². The molecule has 1 aliphatic carbocycles. The van der Waals surface area contributed by atoms with Crippen LogP contribution in [0.4, 0.5) is 0 Å². The summed E-state index contributed by atoms with van der Waals surface area (Å²) in [7, 11) is 0. The summed E-state index contributed by atoms with van der Waals surface area (Å²) in [6.45, 7) is 11.0. The lowest BCUT2D eigenvalue weighted by Crippen LogP contribution is -2.03. The van der Waals surface area contributed by atoms with Crippen LogP contribution in [-0.2, 0) is 0 Å². The number of rotatable bonds is 2. The van der Waals surface area contributed by atoms with Gasteiger partial charge in [0, 0.05) is 43.1 Å². The summed E-state index contributed by atoms with van der Waals surface area (Å²) in [5.74, 6) is 0.269. The molecule has 4 aromatic rings. The third kappa shape index (κ3) is 4.28. The van der Waals surface area contributed by atoms with E-state index in [0.717, 1.165) is 0 Å². The first kappa shape index (κ1) is 23.5. The number of hydrogen-bond acceptors (Lipinski definition) is 0. The highest BCUT2D eigenvalue weighted by atomic mass is 128. The van der Waals surface area contributed by atoms with Gasteiger partial charge >= 0.3 is 0 Å². The van der Waals surface area contributed by atoms with Gasteiger partial charge in [-0.05, 0) is 79.1 Å². The van der Waals surface area contributed by atoms with E-state index in [0.29, 0.717) is 0 Å². The SMILES string of the molecule is Cc1ccc(-c2ccc(C)cc2C2c3cc(C)ccc3-c3ccc(C)cc32)c(C)c1.II. The van der Waals surface area contributed by atoms with Crippen LogP contribution in [0.25, 0.3) is 22.3 Å². The van der Waals surface area contributed by atoms with E-state index in [1.807, 2.05) is 0 Å². The minimum absolute atomic E-state index is 0.269. The average molecular weight is 642 g/mol. The monoisotopic (exact) mass is 642 g/mol. The number of fused-ring (bicyclic) bond motifs is 3. The molecule has 0 spiro atoms. The minimum Gasteiger partial charge on any atom is -0.0587 e. The predicted octanol–water partition coefficient (Wildman–Crippen LogP) is 9.83. The molecular formula is C30H28I2. The Morgan fingerprint density at radius 1 is 0.438 bits per heavy atom. The summed E-state index contributed by atoms with van der Waals surface area (Å²) in [4.78, 5) is 0. The first-order chi connectivity index (χ1) is 15.4. The Bertz CT molecular complexity index is 1250. The van der Waals surface area contributed by atoms with Crippen molar-refractivity contribution in [3.05, 3.63) is 117 Å². The fraction of sp³-hybridized carbons (Fsp3) is 0.200. The maximum absolute atomic E-state index is 2.41. The Morgan fingerprint density at radius 2 is 0.750 bits per heavy atom. The van der Waals surface area contributed by atoms with Crippen LogP contribution in [-0.4, -0.2) is 0 Å². The standard InChI is InChI=1S/C30H28.I2/c1-18-6-10-23(22(5)14-18)24-11-7-19(2)15-27(24)30-28-16-20(3)8-12-25(28)26-13-9-21(4)17-29(26)30;1-2/h6-17,30H,1-5H3;. The zero-order valence-corrected chi connectivity index (χ0v) is 23.6. The third-order valence-electron chi connectivity index (χ3n) is 6.52. The number of halogens is 2. The highest BCUT2D eigenvalue weighted by molar-refractivity contribution is 15.0. The molecule has 0 fully saturated rings. The predicted molar refractivity (Wildman–Crippen MR) is 156 cm³/mol. The Balaban J connectivity index is 0.00000119. The molecule has 0 radical (unpaired) electrons. The zero-order valence-electron chi connectivity index (χ0n) is 19.3. The molecule has 0 amide bonds. The first-order valence-electron chi connectivity index (χ1n) is 11.0. The molecule has 162 valence electrons. The lowest BCUT2D eigenvalue weighted by molar-refractivity contribution is 1.01. The van der Waals surface area contributed by atoms with E-state index < -0.39 is 0 Å². The Hall–Kier alpha value is -1.66. The summed E-state index contributed by atoms with van der Waals surface area (Å²) >= 11 is 4.24. The second-order valence-corrected chi connectivity index (χ2v) is 9.02. The molecule has 0 unspecified atom stereocenters. The number of benzene rings is 4. The summed E-state index contributed by atoms with van der Waals surface area (Å²) in [5.41, 5.74) is 16.4. The van der Waals surface area contributed by atoms with Crippen LogP contribution in [0.5, 0.6) is 0 Å². The molecule has 0 aromatic heterocycles. The van der Waals surface area contributed by atoms with Crippen molar-refractivity contribution in [3.63, 3.8) is 0 Å². The Kier molecular flexibility index (Phi) is 7.11. The quantitative estimate of drug-likeness (QED) is 0.168. The van der Waals surface area contributed by atoms with Crippen LogP contribution in [0, 0.1) is 34.6 Å². The molecule has 2 heteroatoms. The van der Waals surface area contributed by atoms with Crippen molar-refractivity contribution in [2.75, 3.05) is 0 Å². The van der Waals surface area contributed by atoms with Gasteiger partial charge in [-0.25, -0.2) is 0 Å². The van der Waals surface area contributed by atoms with Crippen molar-refractivity contribution < 1.29 is 0 Å². The van der Waals surface area contributed by atoms with Gasteiger partial charge in [-0.2, -0.15) is 0 Å². The molecule has 0 atom stereocenters. The van der Waals surface area contributed by atoms with Crippen LogP contribution in [0.2, 0.25) is 0 Å². The van der Waals surface area contributed by atoms with Gasteiger partial charge in [0.25, 0.3) is 0 Å².